The molecule has 0 saturated carbocycles. The van der Waals surface area contributed by atoms with Crippen LogP contribution in [-0.2, 0) is 32.6 Å². The first-order valence-corrected chi connectivity index (χ1v) is 16.6. The average molecular weight is 664 g/mol. The van der Waals surface area contributed by atoms with E-state index in [0.29, 0.717) is 29.3 Å². The van der Waals surface area contributed by atoms with Crippen molar-refractivity contribution in [3.8, 4) is 11.5 Å². The summed E-state index contributed by atoms with van der Waals surface area (Å²) in [5, 5.41) is 3.40. The molecule has 0 spiro atoms. The van der Waals surface area contributed by atoms with Crippen molar-refractivity contribution in [3.05, 3.63) is 119 Å². The molecule has 0 bridgehead atoms. The van der Waals surface area contributed by atoms with Crippen molar-refractivity contribution in [1.82, 2.24) is 10.2 Å². The lowest BCUT2D eigenvalue weighted by Gasteiger charge is -2.34. The Hall–Kier alpha value is -4.54. The number of nitrogens with zero attached hydrogens (tertiary/aromatic N) is 2. The number of methoxy groups -OCH3 is 2. The van der Waals surface area contributed by atoms with Gasteiger partial charge in [-0.2, -0.15) is 0 Å². The summed E-state index contributed by atoms with van der Waals surface area (Å²) in [5.41, 5.74) is 1.70. The van der Waals surface area contributed by atoms with Gasteiger partial charge < -0.3 is 19.7 Å². The number of nitrogens with one attached hydrogen (secondary N) is 1. The molecule has 4 rings (SSSR count). The third-order valence-corrected chi connectivity index (χ3v) is 9.35. The van der Waals surface area contributed by atoms with Crippen LogP contribution in [0.1, 0.15) is 24.5 Å². The minimum atomic E-state index is -4.31. The predicted octanol–water partition coefficient (Wildman–Crippen LogP) is 5.72. The molecule has 0 aromatic heterocycles. The molecule has 46 heavy (non-hydrogen) atoms. The summed E-state index contributed by atoms with van der Waals surface area (Å²) in [5.74, 6) is -0.192. The molecule has 0 aliphatic carbocycles. The molecule has 1 atom stereocenters. The maximum atomic E-state index is 14.6. The van der Waals surface area contributed by atoms with E-state index < -0.39 is 28.5 Å². The molecule has 11 heteroatoms. The molecular weight excluding hydrogens is 626 g/mol. The van der Waals surface area contributed by atoms with E-state index in [1.54, 1.807) is 42.5 Å². The Morgan fingerprint density at radius 3 is 2.17 bits per heavy atom. The van der Waals surface area contributed by atoms with Crippen LogP contribution in [0.2, 0.25) is 5.02 Å². The fourth-order valence-corrected chi connectivity index (χ4v) is 6.61. The number of halogens is 1. The molecule has 9 nitrogen and oxygen atoms in total. The lowest BCUT2D eigenvalue weighted by molar-refractivity contribution is -0.140. The van der Waals surface area contributed by atoms with Gasteiger partial charge in [-0.05, 0) is 66.1 Å². The second-order valence-electron chi connectivity index (χ2n) is 10.5. The molecule has 242 valence electrons. The Bertz CT molecular complexity index is 1720. The summed E-state index contributed by atoms with van der Waals surface area (Å²) < 4.78 is 40.3. The van der Waals surface area contributed by atoms with Gasteiger partial charge in [-0.25, -0.2) is 8.42 Å². The smallest absolute Gasteiger partial charge is 0.264 e. The van der Waals surface area contributed by atoms with E-state index in [-0.39, 0.29) is 35.2 Å². The Morgan fingerprint density at radius 1 is 0.848 bits per heavy atom. The molecule has 4 aromatic rings. The van der Waals surface area contributed by atoms with Crippen molar-refractivity contribution in [2.45, 2.75) is 37.2 Å². The van der Waals surface area contributed by atoms with Crippen LogP contribution in [0.25, 0.3) is 0 Å². The van der Waals surface area contributed by atoms with E-state index in [1.807, 2.05) is 43.3 Å². The highest BCUT2D eigenvalue weighted by Crippen LogP contribution is 2.33. The Morgan fingerprint density at radius 2 is 1.52 bits per heavy atom. The number of carbonyl (C=O) groups excluding carboxylic acids is 2. The van der Waals surface area contributed by atoms with Gasteiger partial charge in [-0.1, -0.05) is 73.1 Å². The van der Waals surface area contributed by atoms with E-state index in [1.165, 1.54) is 43.4 Å². The van der Waals surface area contributed by atoms with Gasteiger partial charge in [0.05, 0.1) is 24.8 Å². The number of carbonyl (C=O) groups is 2. The SMILES string of the molecule is CCCNC(=O)[C@H](Cc1ccccc1)N(Cc1cccc(Cl)c1)C(=O)CN(c1ccccc1OC)S(=O)(=O)c1ccc(OC)cc1. The van der Waals surface area contributed by atoms with Crippen LogP contribution >= 0.6 is 11.6 Å². The Kier molecular flexibility index (Phi) is 12.1. The third-order valence-electron chi connectivity index (χ3n) is 7.34. The van der Waals surface area contributed by atoms with E-state index in [9.17, 15) is 18.0 Å². The third kappa shape index (κ3) is 8.58. The minimum absolute atomic E-state index is 0.0127. The lowest BCUT2D eigenvalue weighted by atomic mass is 10.0. The molecule has 1 N–H and O–H groups in total. The van der Waals surface area contributed by atoms with Gasteiger partial charge in [-0.3, -0.25) is 13.9 Å². The van der Waals surface area contributed by atoms with E-state index in [4.69, 9.17) is 21.1 Å². The fraction of sp³-hybridized carbons (Fsp3) is 0.257. The van der Waals surface area contributed by atoms with Gasteiger partial charge in [0.2, 0.25) is 11.8 Å². The summed E-state index contributed by atoms with van der Waals surface area (Å²) in [6.45, 7) is 1.76. The molecule has 2 amide bonds. The maximum Gasteiger partial charge on any atom is 0.264 e. The molecule has 0 unspecified atom stereocenters. The van der Waals surface area contributed by atoms with Crippen LogP contribution in [0.15, 0.2) is 108 Å². The van der Waals surface area contributed by atoms with Crippen molar-refractivity contribution in [2.75, 3.05) is 31.6 Å². The lowest BCUT2D eigenvalue weighted by Crippen LogP contribution is -2.53. The zero-order valence-electron chi connectivity index (χ0n) is 26.1. The first-order chi connectivity index (χ1) is 22.2. The second kappa shape index (κ2) is 16.1. The van der Waals surface area contributed by atoms with Crippen molar-refractivity contribution < 1.29 is 27.5 Å². The number of anilines is 1. The van der Waals surface area contributed by atoms with Gasteiger partial charge in [-0.15, -0.1) is 0 Å². The summed E-state index contributed by atoms with van der Waals surface area (Å²) in [6, 6.07) is 27.9. The van der Waals surface area contributed by atoms with Gasteiger partial charge in [0.15, 0.2) is 0 Å². The molecule has 0 fully saturated rings. The highest BCUT2D eigenvalue weighted by atomic mass is 35.5. The first kappa shape index (κ1) is 34.3. The number of benzene rings is 4. The summed E-state index contributed by atoms with van der Waals surface area (Å²) in [7, 11) is -1.39. The number of ether oxygens (including phenoxy) is 2. The largest absolute Gasteiger partial charge is 0.497 e. The number of hydrogen-bond donors (Lipinski definition) is 1. The van der Waals surface area contributed by atoms with Crippen LogP contribution in [0.4, 0.5) is 5.69 Å². The molecule has 0 heterocycles. The molecular formula is C35H38ClN3O6S. The van der Waals surface area contributed by atoms with Gasteiger partial charge in [0.25, 0.3) is 10.0 Å². The first-order valence-electron chi connectivity index (χ1n) is 14.8. The van der Waals surface area contributed by atoms with Crippen molar-refractivity contribution in [2.24, 2.45) is 0 Å². The Balaban J connectivity index is 1.82. The van der Waals surface area contributed by atoms with Gasteiger partial charge in [0, 0.05) is 24.5 Å². The predicted molar refractivity (Wildman–Crippen MR) is 180 cm³/mol. The molecule has 0 radical (unpaired) electrons. The van der Waals surface area contributed by atoms with E-state index in [2.05, 4.69) is 5.32 Å². The number of sulfonamides is 1. The van der Waals surface area contributed by atoms with Gasteiger partial charge >= 0.3 is 0 Å². The molecule has 4 aromatic carbocycles. The fourth-order valence-electron chi connectivity index (χ4n) is 4.98. The summed E-state index contributed by atoms with van der Waals surface area (Å²) in [4.78, 5) is 29.7. The van der Waals surface area contributed by atoms with Crippen LogP contribution in [0.3, 0.4) is 0 Å². The van der Waals surface area contributed by atoms with Crippen molar-refractivity contribution >= 4 is 39.1 Å². The summed E-state index contributed by atoms with van der Waals surface area (Å²) >= 11 is 6.30. The van der Waals surface area contributed by atoms with Crippen LogP contribution in [-0.4, -0.2) is 58.5 Å². The highest BCUT2D eigenvalue weighted by molar-refractivity contribution is 7.92. The zero-order valence-corrected chi connectivity index (χ0v) is 27.6. The number of rotatable bonds is 15. The average Bonchev–Trinajstić information content (AvgIpc) is 3.08. The van der Waals surface area contributed by atoms with E-state index in [0.717, 1.165) is 9.87 Å². The highest BCUT2D eigenvalue weighted by Gasteiger charge is 2.35. The number of hydrogen-bond acceptors (Lipinski definition) is 6. The normalized spacial score (nSPS) is 11.7. The minimum Gasteiger partial charge on any atom is -0.497 e. The van der Waals surface area contributed by atoms with Crippen molar-refractivity contribution in [3.63, 3.8) is 0 Å². The second-order valence-corrected chi connectivity index (χ2v) is 12.8. The monoisotopic (exact) mass is 663 g/mol. The van der Waals surface area contributed by atoms with Crippen LogP contribution in [0, 0.1) is 0 Å². The molecule has 0 aliphatic heterocycles. The van der Waals surface area contributed by atoms with Crippen LogP contribution in [0.5, 0.6) is 11.5 Å². The van der Waals surface area contributed by atoms with Crippen molar-refractivity contribution in [1.29, 1.82) is 0 Å². The maximum absolute atomic E-state index is 14.6. The number of amides is 2. The number of para-hydroxylation sites is 2. The Labute approximate surface area is 275 Å². The van der Waals surface area contributed by atoms with Crippen LogP contribution < -0.4 is 19.1 Å². The van der Waals surface area contributed by atoms with E-state index >= 15 is 0 Å². The topological polar surface area (TPSA) is 105 Å². The standard InChI is InChI=1S/C35H38ClN3O6S/c1-4-21-37-35(41)32(23-26-11-6-5-7-12-26)38(24-27-13-10-14-28(36)22-27)34(40)25-39(31-15-8-9-16-33(31)45-3)46(42,43)30-19-17-29(44-2)18-20-30/h5-20,22,32H,4,21,23-25H2,1-3H3,(H,37,41)/t32-/m0/s1. The quantitative estimate of drug-likeness (QED) is 0.175. The molecule has 0 saturated heterocycles. The zero-order chi connectivity index (χ0) is 33.1. The molecule has 0 aliphatic rings. The summed E-state index contributed by atoms with van der Waals surface area (Å²) in [6.07, 6.45) is 0.913. The van der Waals surface area contributed by atoms with Gasteiger partial charge in [0.1, 0.15) is 24.1 Å².